The predicted octanol–water partition coefficient (Wildman–Crippen LogP) is 2.96. The zero-order chi connectivity index (χ0) is 19.8. The van der Waals surface area contributed by atoms with E-state index in [9.17, 15) is 18.8 Å². The summed E-state index contributed by atoms with van der Waals surface area (Å²) in [6.07, 6.45) is -1.17. The third-order valence-corrected chi connectivity index (χ3v) is 3.50. The molecule has 0 aliphatic heterocycles. The lowest BCUT2D eigenvalue weighted by molar-refractivity contribution is -0.127. The Morgan fingerprint density at radius 3 is 2.41 bits per heavy atom. The van der Waals surface area contributed by atoms with Crippen molar-refractivity contribution >= 4 is 29.3 Å². The van der Waals surface area contributed by atoms with Gasteiger partial charge in [-0.25, -0.2) is 14.0 Å². The van der Waals surface area contributed by atoms with E-state index >= 15 is 0 Å². The van der Waals surface area contributed by atoms with E-state index in [0.29, 0.717) is 17.9 Å². The highest BCUT2D eigenvalue weighted by molar-refractivity contribution is 6.00. The highest BCUT2D eigenvalue weighted by atomic mass is 19.1. The van der Waals surface area contributed by atoms with Crippen LogP contribution >= 0.6 is 0 Å². The Balaban J connectivity index is 2.06. The van der Waals surface area contributed by atoms with E-state index in [1.54, 1.807) is 25.1 Å². The number of carbonyl (C=O) groups excluding carboxylic acids is 3. The third kappa shape index (κ3) is 5.81. The van der Waals surface area contributed by atoms with Gasteiger partial charge in [0.1, 0.15) is 5.82 Å². The predicted molar refractivity (Wildman–Crippen MR) is 98.2 cm³/mol. The average Bonchev–Trinajstić information content (AvgIpc) is 2.64. The van der Waals surface area contributed by atoms with Crippen LogP contribution in [0.2, 0.25) is 0 Å². The summed E-state index contributed by atoms with van der Waals surface area (Å²) in [6, 6.07) is 11.5. The first kappa shape index (κ1) is 19.9. The molecule has 0 bridgehead atoms. The van der Waals surface area contributed by atoms with Crippen molar-refractivity contribution in [3.8, 4) is 0 Å². The number of esters is 1. The van der Waals surface area contributed by atoms with Gasteiger partial charge in [0.15, 0.2) is 6.10 Å². The van der Waals surface area contributed by atoms with Crippen molar-refractivity contribution in [2.45, 2.75) is 20.0 Å². The molecule has 0 radical (unpaired) electrons. The number of amides is 3. The largest absolute Gasteiger partial charge is 0.449 e. The van der Waals surface area contributed by atoms with E-state index in [1.807, 2.05) is 0 Å². The molecule has 0 aliphatic carbocycles. The van der Waals surface area contributed by atoms with Crippen molar-refractivity contribution in [2.75, 3.05) is 11.9 Å². The SMILES string of the molecule is CCNC(=O)NC(=O)C(C)OC(=O)c1ccccc1Nc1ccc(F)cc1. The molecule has 2 aromatic carbocycles. The first-order valence-electron chi connectivity index (χ1n) is 8.32. The van der Waals surface area contributed by atoms with Crippen LogP contribution in [0.3, 0.4) is 0 Å². The molecule has 2 aromatic rings. The van der Waals surface area contributed by atoms with Gasteiger partial charge in [-0.1, -0.05) is 12.1 Å². The molecule has 3 amide bonds. The fraction of sp³-hybridized carbons (Fsp3) is 0.211. The molecule has 0 spiro atoms. The van der Waals surface area contributed by atoms with Crippen LogP contribution in [0.15, 0.2) is 48.5 Å². The second-order valence-electron chi connectivity index (χ2n) is 5.57. The van der Waals surface area contributed by atoms with Crippen LogP contribution in [0.5, 0.6) is 0 Å². The minimum Gasteiger partial charge on any atom is -0.449 e. The summed E-state index contributed by atoms with van der Waals surface area (Å²) in [4.78, 5) is 35.7. The Labute approximate surface area is 155 Å². The van der Waals surface area contributed by atoms with E-state index in [1.165, 1.54) is 37.3 Å². The molecule has 2 rings (SSSR count). The number of imide groups is 1. The van der Waals surface area contributed by atoms with Crippen LogP contribution < -0.4 is 16.0 Å². The first-order valence-corrected chi connectivity index (χ1v) is 8.32. The van der Waals surface area contributed by atoms with Crippen LogP contribution in [0.25, 0.3) is 0 Å². The molecule has 7 nitrogen and oxygen atoms in total. The number of urea groups is 1. The van der Waals surface area contributed by atoms with Crippen LogP contribution in [0, 0.1) is 5.82 Å². The Kier molecular flexibility index (Phi) is 6.87. The molecule has 0 saturated carbocycles. The van der Waals surface area contributed by atoms with E-state index < -0.39 is 24.0 Å². The Morgan fingerprint density at radius 1 is 1.07 bits per heavy atom. The maximum absolute atomic E-state index is 13.0. The lowest BCUT2D eigenvalue weighted by atomic mass is 10.1. The molecular formula is C19H20FN3O4. The lowest BCUT2D eigenvalue weighted by Gasteiger charge is -2.15. The molecule has 0 heterocycles. The van der Waals surface area contributed by atoms with Gasteiger partial charge in [-0.3, -0.25) is 10.1 Å². The molecular weight excluding hydrogens is 353 g/mol. The number of anilines is 2. The van der Waals surface area contributed by atoms with Gasteiger partial charge in [0, 0.05) is 12.2 Å². The van der Waals surface area contributed by atoms with Crippen molar-refractivity contribution < 1.29 is 23.5 Å². The van der Waals surface area contributed by atoms with Gasteiger partial charge in [0.05, 0.1) is 11.3 Å². The summed E-state index contributed by atoms with van der Waals surface area (Å²) in [5.41, 5.74) is 1.21. The Hall–Kier alpha value is -3.42. The van der Waals surface area contributed by atoms with E-state index in [4.69, 9.17) is 4.74 Å². The molecule has 1 unspecified atom stereocenters. The Bertz CT molecular complexity index is 824. The number of ether oxygens (including phenoxy) is 1. The van der Waals surface area contributed by atoms with Crippen LogP contribution in [-0.2, 0) is 9.53 Å². The quantitative estimate of drug-likeness (QED) is 0.677. The monoisotopic (exact) mass is 373 g/mol. The summed E-state index contributed by atoms with van der Waals surface area (Å²) in [6.45, 7) is 3.43. The summed E-state index contributed by atoms with van der Waals surface area (Å²) in [7, 11) is 0. The minimum atomic E-state index is -1.17. The molecule has 1 atom stereocenters. The first-order chi connectivity index (χ1) is 12.9. The van der Waals surface area contributed by atoms with E-state index in [2.05, 4.69) is 16.0 Å². The molecule has 0 aliphatic rings. The van der Waals surface area contributed by atoms with Gasteiger partial charge in [0.25, 0.3) is 5.91 Å². The number of halogens is 1. The Morgan fingerprint density at radius 2 is 1.74 bits per heavy atom. The highest BCUT2D eigenvalue weighted by Gasteiger charge is 2.22. The highest BCUT2D eigenvalue weighted by Crippen LogP contribution is 2.22. The van der Waals surface area contributed by atoms with Gasteiger partial charge in [0.2, 0.25) is 0 Å². The van der Waals surface area contributed by atoms with Gasteiger partial charge in [-0.05, 0) is 50.2 Å². The number of carbonyl (C=O) groups is 3. The van der Waals surface area contributed by atoms with Crippen molar-refractivity contribution in [1.82, 2.24) is 10.6 Å². The maximum atomic E-state index is 13.0. The minimum absolute atomic E-state index is 0.194. The summed E-state index contributed by atoms with van der Waals surface area (Å²) < 4.78 is 18.2. The average molecular weight is 373 g/mol. The van der Waals surface area contributed by atoms with E-state index in [0.717, 1.165) is 0 Å². The second-order valence-corrected chi connectivity index (χ2v) is 5.57. The maximum Gasteiger partial charge on any atom is 0.341 e. The fourth-order valence-corrected chi connectivity index (χ4v) is 2.15. The van der Waals surface area contributed by atoms with Crippen LogP contribution in [0.1, 0.15) is 24.2 Å². The molecule has 142 valence electrons. The smallest absolute Gasteiger partial charge is 0.341 e. The van der Waals surface area contributed by atoms with Crippen molar-refractivity contribution in [1.29, 1.82) is 0 Å². The number of rotatable bonds is 6. The number of nitrogens with one attached hydrogen (secondary N) is 3. The molecule has 3 N–H and O–H groups in total. The summed E-state index contributed by atoms with van der Waals surface area (Å²) in [5, 5.41) is 7.49. The van der Waals surface area contributed by atoms with Gasteiger partial charge < -0.3 is 15.4 Å². The molecule has 27 heavy (non-hydrogen) atoms. The van der Waals surface area contributed by atoms with Crippen molar-refractivity contribution in [3.05, 3.63) is 59.9 Å². The molecule has 0 saturated heterocycles. The topological polar surface area (TPSA) is 96.5 Å². The molecule has 0 fully saturated rings. The molecule has 0 aromatic heterocycles. The normalized spacial score (nSPS) is 11.2. The number of para-hydroxylation sites is 1. The van der Waals surface area contributed by atoms with Gasteiger partial charge in [-0.15, -0.1) is 0 Å². The summed E-state index contributed by atoms with van der Waals surface area (Å²) in [5.74, 6) is -1.85. The van der Waals surface area contributed by atoms with Crippen LogP contribution in [-0.4, -0.2) is 30.6 Å². The fourth-order valence-electron chi connectivity index (χ4n) is 2.15. The zero-order valence-corrected chi connectivity index (χ0v) is 14.9. The zero-order valence-electron chi connectivity index (χ0n) is 14.9. The van der Waals surface area contributed by atoms with Gasteiger partial charge in [-0.2, -0.15) is 0 Å². The van der Waals surface area contributed by atoms with E-state index in [-0.39, 0.29) is 11.4 Å². The summed E-state index contributed by atoms with van der Waals surface area (Å²) >= 11 is 0. The van der Waals surface area contributed by atoms with Crippen LogP contribution in [0.4, 0.5) is 20.6 Å². The van der Waals surface area contributed by atoms with Gasteiger partial charge >= 0.3 is 12.0 Å². The van der Waals surface area contributed by atoms with Crippen molar-refractivity contribution in [2.24, 2.45) is 0 Å². The number of benzene rings is 2. The number of hydrogen-bond acceptors (Lipinski definition) is 5. The van der Waals surface area contributed by atoms with Crippen molar-refractivity contribution in [3.63, 3.8) is 0 Å². The lowest BCUT2D eigenvalue weighted by Crippen LogP contribution is -2.44. The number of hydrogen-bond donors (Lipinski definition) is 3. The molecule has 8 heteroatoms. The standard InChI is InChI=1S/C19H20FN3O4/c1-3-21-19(26)23-17(24)12(2)27-18(25)15-6-4-5-7-16(15)22-14-10-8-13(20)9-11-14/h4-12,22H,3H2,1-2H3,(H2,21,23,24,26). The third-order valence-electron chi connectivity index (χ3n) is 3.50. The second kappa shape index (κ2) is 9.33.